The van der Waals surface area contributed by atoms with Crippen molar-refractivity contribution in [1.82, 2.24) is 9.99 Å². The lowest BCUT2D eigenvalue weighted by Gasteiger charge is -2.08. The minimum Gasteiger partial charge on any atom is -0.507 e. The van der Waals surface area contributed by atoms with Crippen LogP contribution in [-0.2, 0) is 6.54 Å². The Hall–Kier alpha value is -3.58. The fourth-order valence-electron chi connectivity index (χ4n) is 3.25. The van der Waals surface area contributed by atoms with Crippen molar-refractivity contribution < 1.29 is 14.6 Å². The molecular formula is C24H20BrN3O3. The minimum atomic E-state index is -0.491. The molecule has 0 radical (unpaired) electrons. The molecule has 3 aromatic carbocycles. The summed E-state index contributed by atoms with van der Waals surface area (Å²) in [5, 5.41) is 15.0. The molecule has 6 nitrogen and oxygen atoms in total. The summed E-state index contributed by atoms with van der Waals surface area (Å²) in [5.41, 5.74) is 4.54. The maximum absolute atomic E-state index is 12.3. The number of nitrogens with one attached hydrogen (secondary N) is 1. The van der Waals surface area contributed by atoms with Crippen LogP contribution >= 0.6 is 15.9 Å². The Labute approximate surface area is 187 Å². The minimum absolute atomic E-state index is 0.106. The second-order valence-corrected chi connectivity index (χ2v) is 7.73. The van der Waals surface area contributed by atoms with Crippen LogP contribution in [0.25, 0.3) is 10.9 Å². The SMILES string of the molecule is O=C(N/N=C\c1cn(CCOc2ccccc2)c2ccccc12)c1cc(Br)ccc1O. The fraction of sp³-hybridized carbons (Fsp3) is 0.0833. The average molecular weight is 478 g/mol. The number of halogens is 1. The van der Waals surface area contributed by atoms with Crippen LogP contribution < -0.4 is 10.2 Å². The third-order valence-corrected chi connectivity index (χ3v) is 5.23. The first kappa shape index (κ1) is 20.7. The fourth-order valence-corrected chi connectivity index (χ4v) is 3.61. The number of aromatic nitrogens is 1. The molecule has 0 atom stereocenters. The number of amides is 1. The van der Waals surface area contributed by atoms with Crippen molar-refractivity contribution in [3.63, 3.8) is 0 Å². The highest BCUT2D eigenvalue weighted by atomic mass is 79.9. The summed E-state index contributed by atoms with van der Waals surface area (Å²) < 4.78 is 8.60. The lowest BCUT2D eigenvalue weighted by atomic mass is 10.2. The second-order valence-electron chi connectivity index (χ2n) is 6.82. The van der Waals surface area contributed by atoms with E-state index < -0.39 is 5.91 Å². The Bertz CT molecular complexity index is 1240. The molecule has 4 aromatic rings. The molecular weight excluding hydrogens is 458 g/mol. The molecule has 1 aromatic heterocycles. The van der Waals surface area contributed by atoms with Gasteiger partial charge in [-0.25, -0.2) is 5.43 Å². The molecule has 4 rings (SSSR count). The number of ether oxygens (including phenoxy) is 1. The molecule has 0 aliphatic heterocycles. The van der Waals surface area contributed by atoms with Gasteiger partial charge >= 0.3 is 0 Å². The molecule has 2 N–H and O–H groups in total. The van der Waals surface area contributed by atoms with Crippen LogP contribution in [0.2, 0.25) is 0 Å². The average Bonchev–Trinajstić information content (AvgIpc) is 3.14. The Morgan fingerprint density at radius 3 is 2.71 bits per heavy atom. The number of hydrazone groups is 1. The quantitative estimate of drug-likeness (QED) is 0.292. The number of rotatable bonds is 7. The van der Waals surface area contributed by atoms with Gasteiger partial charge in [0, 0.05) is 27.1 Å². The molecule has 156 valence electrons. The molecule has 7 heteroatoms. The molecule has 0 unspecified atom stereocenters. The van der Waals surface area contributed by atoms with Gasteiger partial charge in [-0.1, -0.05) is 52.3 Å². The largest absolute Gasteiger partial charge is 0.507 e. The molecule has 0 saturated carbocycles. The smallest absolute Gasteiger partial charge is 0.275 e. The predicted octanol–water partition coefficient (Wildman–Crippen LogP) is 4.95. The van der Waals surface area contributed by atoms with Crippen molar-refractivity contribution in [3.05, 3.63) is 94.6 Å². The van der Waals surface area contributed by atoms with E-state index in [-0.39, 0.29) is 11.3 Å². The number of carbonyl (C=O) groups excluding carboxylic acids is 1. The summed E-state index contributed by atoms with van der Waals surface area (Å²) in [6, 6.07) is 22.3. The van der Waals surface area contributed by atoms with Crippen molar-refractivity contribution in [3.8, 4) is 11.5 Å². The summed E-state index contributed by atoms with van der Waals surface area (Å²) >= 11 is 3.29. The van der Waals surface area contributed by atoms with Crippen molar-refractivity contribution in [2.24, 2.45) is 5.10 Å². The highest BCUT2D eigenvalue weighted by Crippen LogP contribution is 2.22. The predicted molar refractivity (Wildman–Crippen MR) is 125 cm³/mol. The number of hydrogen-bond donors (Lipinski definition) is 2. The summed E-state index contributed by atoms with van der Waals surface area (Å²) in [6.45, 7) is 1.19. The van der Waals surface area contributed by atoms with E-state index >= 15 is 0 Å². The third kappa shape index (κ3) is 4.95. The van der Waals surface area contributed by atoms with Crippen LogP contribution in [0, 0.1) is 0 Å². The number of phenols is 1. The van der Waals surface area contributed by atoms with Crippen LogP contribution in [0.4, 0.5) is 0 Å². The van der Waals surface area contributed by atoms with Gasteiger partial charge < -0.3 is 14.4 Å². The van der Waals surface area contributed by atoms with Crippen LogP contribution in [0.3, 0.4) is 0 Å². The van der Waals surface area contributed by atoms with E-state index in [0.29, 0.717) is 17.6 Å². The topological polar surface area (TPSA) is 75.9 Å². The number of benzene rings is 3. The molecule has 0 aliphatic carbocycles. The van der Waals surface area contributed by atoms with E-state index in [2.05, 4.69) is 31.0 Å². The van der Waals surface area contributed by atoms with Crippen molar-refractivity contribution in [2.75, 3.05) is 6.61 Å². The Morgan fingerprint density at radius 1 is 1.10 bits per heavy atom. The summed E-state index contributed by atoms with van der Waals surface area (Å²) in [7, 11) is 0. The molecule has 0 fully saturated rings. The molecule has 0 saturated heterocycles. The first-order valence-corrected chi connectivity index (χ1v) is 10.5. The number of carbonyl (C=O) groups is 1. The molecule has 31 heavy (non-hydrogen) atoms. The molecule has 1 amide bonds. The van der Waals surface area contributed by atoms with Gasteiger partial charge in [0.25, 0.3) is 5.91 Å². The molecule has 0 spiro atoms. The monoisotopic (exact) mass is 477 g/mol. The number of fused-ring (bicyclic) bond motifs is 1. The zero-order valence-electron chi connectivity index (χ0n) is 16.5. The number of hydrogen-bond acceptors (Lipinski definition) is 4. The van der Waals surface area contributed by atoms with Gasteiger partial charge in [0.05, 0.1) is 18.3 Å². The van der Waals surface area contributed by atoms with Crippen LogP contribution in [0.5, 0.6) is 11.5 Å². The van der Waals surface area contributed by atoms with Crippen molar-refractivity contribution in [2.45, 2.75) is 6.54 Å². The summed E-state index contributed by atoms with van der Waals surface area (Å²) in [4.78, 5) is 12.3. The van der Waals surface area contributed by atoms with Crippen molar-refractivity contribution >= 4 is 39.0 Å². The van der Waals surface area contributed by atoms with E-state index in [1.165, 1.54) is 6.07 Å². The van der Waals surface area contributed by atoms with Gasteiger partial charge in [-0.05, 0) is 36.4 Å². The number of nitrogens with zero attached hydrogens (tertiary/aromatic N) is 2. The first-order chi connectivity index (χ1) is 15.1. The van der Waals surface area contributed by atoms with E-state index in [1.807, 2.05) is 60.8 Å². The molecule has 0 bridgehead atoms. The van der Waals surface area contributed by atoms with Gasteiger partial charge in [0.2, 0.25) is 0 Å². The van der Waals surface area contributed by atoms with E-state index in [4.69, 9.17) is 4.74 Å². The standard InChI is InChI=1S/C24H20BrN3O3/c25-18-10-11-23(29)21(14-18)24(30)27-26-15-17-16-28(22-9-5-4-8-20(17)22)12-13-31-19-6-2-1-3-7-19/h1-11,14-16,29H,12-13H2,(H,27,30)/b26-15-. The van der Waals surface area contributed by atoms with Crippen LogP contribution in [-0.4, -0.2) is 28.4 Å². The number of aromatic hydroxyl groups is 1. The van der Waals surface area contributed by atoms with Crippen LogP contribution in [0.1, 0.15) is 15.9 Å². The number of para-hydroxylation sites is 2. The molecule has 1 heterocycles. The lowest BCUT2D eigenvalue weighted by Crippen LogP contribution is -2.17. The zero-order valence-corrected chi connectivity index (χ0v) is 18.1. The Morgan fingerprint density at radius 2 is 1.87 bits per heavy atom. The highest BCUT2D eigenvalue weighted by molar-refractivity contribution is 9.10. The first-order valence-electron chi connectivity index (χ1n) is 9.69. The normalized spacial score (nSPS) is 11.1. The van der Waals surface area contributed by atoms with Gasteiger partial charge in [-0.15, -0.1) is 0 Å². The third-order valence-electron chi connectivity index (χ3n) is 4.74. The van der Waals surface area contributed by atoms with Gasteiger partial charge in [0.15, 0.2) is 0 Å². The lowest BCUT2D eigenvalue weighted by molar-refractivity contribution is 0.0952. The van der Waals surface area contributed by atoms with Crippen LogP contribution in [0.15, 0.2) is 88.6 Å². The molecule has 0 aliphatic rings. The van der Waals surface area contributed by atoms with E-state index in [9.17, 15) is 9.90 Å². The Kier molecular flexibility index (Phi) is 6.33. The Balaban J connectivity index is 1.47. The van der Waals surface area contributed by atoms with Gasteiger partial charge in [-0.2, -0.15) is 5.10 Å². The summed E-state index contributed by atoms with van der Waals surface area (Å²) in [5.74, 6) is 0.236. The van der Waals surface area contributed by atoms with Crippen molar-refractivity contribution in [1.29, 1.82) is 0 Å². The highest BCUT2D eigenvalue weighted by Gasteiger charge is 2.11. The zero-order chi connectivity index (χ0) is 21.6. The van der Waals surface area contributed by atoms with E-state index in [0.717, 1.165) is 22.2 Å². The summed E-state index contributed by atoms with van der Waals surface area (Å²) in [6.07, 6.45) is 3.58. The maximum atomic E-state index is 12.3. The maximum Gasteiger partial charge on any atom is 0.275 e. The van der Waals surface area contributed by atoms with Gasteiger partial charge in [-0.3, -0.25) is 4.79 Å². The second kappa shape index (κ2) is 9.49. The van der Waals surface area contributed by atoms with Gasteiger partial charge in [0.1, 0.15) is 18.1 Å². The number of phenolic OH excluding ortho intramolecular Hbond substituents is 1. The van der Waals surface area contributed by atoms with E-state index in [1.54, 1.807) is 18.3 Å².